The third-order valence-corrected chi connectivity index (χ3v) is 7.09. The lowest BCUT2D eigenvalue weighted by Gasteiger charge is -2.32. The second-order valence-corrected chi connectivity index (χ2v) is 9.69. The summed E-state index contributed by atoms with van der Waals surface area (Å²) in [6.07, 6.45) is 0. The van der Waals surface area contributed by atoms with Crippen LogP contribution >= 0.6 is 0 Å². The number of fused-ring (bicyclic) bond motifs is 2. The molecule has 11 heteroatoms. The van der Waals surface area contributed by atoms with Gasteiger partial charge < -0.3 is 25.2 Å². The molecule has 4 rings (SSSR count). The number of carbonyl (C=O) groups excluding carboxylic acids is 1. The molecule has 1 amide bonds. The Hall–Kier alpha value is -3.28. The van der Waals surface area contributed by atoms with Crippen LogP contribution in [0.4, 0.5) is 24.7 Å². The molecule has 2 unspecified atom stereocenters. The lowest BCUT2D eigenvalue weighted by Crippen LogP contribution is -2.47. The molecule has 2 heterocycles. The molecule has 0 bridgehead atoms. The number of aromatic nitrogens is 2. The molecule has 0 radical (unpaired) electrons. The number of benzene rings is 2. The summed E-state index contributed by atoms with van der Waals surface area (Å²) in [7, 11) is 3.08. The van der Waals surface area contributed by atoms with E-state index in [0.717, 1.165) is 13.0 Å². The van der Waals surface area contributed by atoms with Crippen molar-refractivity contribution in [2.45, 2.75) is 50.9 Å². The Balaban J connectivity index is 1.79. The molecule has 0 saturated heterocycles. The number of aliphatic hydroxyl groups excluding tert-OH is 1. The molecule has 2 aromatic carbocycles. The number of aliphatic hydroxyl groups is 2. The SMILES string of the molecule is COC1(C)C(=O)N(C)c2cc3c(N[C@@H](C)c4cccc(C(F)(F)C(C)(O)CO)c4F)nc(C)nc3cc21. The van der Waals surface area contributed by atoms with E-state index in [0.29, 0.717) is 33.8 Å². The number of likely N-dealkylation sites (N-methyl/N-ethyl adjacent to an activating group) is 1. The first-order valence-corrected chi connectivity index (χ1v) is 11.6. The maximum Gasteiger partial charge on any atom is 0.306 e. The number of hydrogen-bond donors (Lipinski definition) is 3. The first-order valence-electron chi connectivity index (χ1n) is 11.6. The third kappa shape index (κ3) is 4.01. The number of methoxy groups -OCH3 is 1. The van der Waals surface area contributed by atoms with E-state index in [-0.39, 0.29) is 11.5 Å². The second kappa shape index (κ2) is 8.93. The van der Waals surface area contributed by atoms with Crippen LogP contribution in [0.1, 0.15) is 49.3 Å². The maximum absolute atomic E-state index is 15.4. The van der Waals surface area contributed by atoms with E-state index in [1.54, 1.807) is 40.0 Å². The molecule has 1 aliphatic rings. The van der Waals surface area contributed by atoms with Crippen molar-refractivity contribution in [3.05, 3.63) is 58.7 Å². The topological polar surface area (TPSA) is 108 Å². The Morgan fingerprint density at radius 1 is 1.27 bits per heavy atom. The monoisotopic (exact) mass is 518 g/mol. The Morgan fingerprint density at radius 2 is 1.95 bits per heavy atom. The van der Waals surface area contributed by atoms with Gasteiger partial charge in [0.15, 0.2) is 11.2 Å². The van der Waals surface area contributed by atoms with Gasteiger partial charge >= 0.3 is 5.92 Å². The van der Waals surface area contributed by atoms with Gasteiger partial charge in [-0.3, -0.25) is 4.79 Å². The molecule has 0 spiro atoms. The van der Waals surface area contributed by atoms with Crippen LogP contribution in [0.25, 0.3) is 10.9 Å². The number of nitrogens with one attached hydrogen (secondary N) is 1. The number of aryl methyl sites for hydroxylation is 1. The van der Waals surface area contributed by atoms with Crippen molar-refractivity contribution in [2.75, 3.05) is 31.0 Å². The molecule has 198 valence electrons. The Morgan fingerprint density at radius 3 is 2.57 bits per heavy atom. The number of carbonyl (C=O) groups is 1. The predicted molar refractivity (Wildman–Crippen MR) is 132 cm³/mol. The number of anilines is 2. The molecule has 8 nitrogen and oxygen atoms in total. The summed E-state index contributed by atoms with van der Waals surface area (Å²) in [6.45, 7) is 4.42. The van der Waals surface area contributed by atoms with Gasteiger partial charge in [0.1, 0.15) is 17.5 Å². The van der Waals surface area contributed by atoms with Crippen LogP contribution in [-0.4, -0.2) is 52.5 Å². The first-order chi connectivity index (χ1) is 17.2. The van der Waals surface area contributed by atoms with E-state index in [2.05, 4.69) is 15.3 Å². The number of ether oxygens (including phenoxy) is 1. The molecule has 37 heavy (non-hydrogen) atoms. The van der Waals surface area contributed by atoms with Crippen LogP contribution in [0.2, 0.25) is 0 Å². The Kier molecular flexibility index (Phi) is 6.46. The van der Waals surface area contributed by atoms with E-state index in [4.69, 9.17) is 4.74 Å². The lowest BCUT2D eigenvalue weighted by atomic mass is 9.90. The highest BCUT2D eigenvalue weighted by Gasteiger charge is 2.52. The van der Waals surface area contributed by atoms with Crippen molar-refractivity contribution in [3.8, 4) is 0 Å². The quantitative estimate of drug-likeness (QED) is 0.435. The van der Waals surface area contributed by atoms with Gasteiger partial charge in [0, 0.05) is 30.7 Å². The Bertz CT molecular complexity index is 1400. The largest absolute Gasteiger partial charge is 0.393 e. The summed E-state index contributed by atoms with van der Waals surface area (Å²) in [6, 6.07) is 6.15. The standard InChI is InChI=1S/C26H29F3N4O4/c1-13(15-8-7-9-17(21(15)27)26(28,29)24(3,36)12-34)30-22-16-10-20-18(11-19(16)31-14(2)32-22)25(4,37-6)23(35)33(20)5/h7-11,13,34,36H,12H2,1-6H3,(H,30,31,32)/t13-,24?,25?/m0/s1. The van der Waals surface area contributed by atoms with Crippen molar-refractivity contribution in [1.29, 1.82) is 0 Å². The number of amides is 1. The fraction of sp³-hybridized carbons (Fsp3) is 0.423. The van der Waals surface area contributed by atoms with Crippen molar-refractivity contribution in [2.24, 2.45) is 0 Å². The summed E-state index contributed by atoms with van der Waals surface area (Å²) in [5, 5.41) is 22.8. The highest BCUT2D eigenvalue weighted by atomic mass is 19.3. The van der Waals surface area contributed by atoms with Crippen LogP contribution in [-0.2, 0) is 21.1 Å². The van der Waals surface area contributed by atoms with Crippen molar-refractivity contribution in [3.63, 3.8) is 0 Å². The first kappa shape index (κ1) is 26.8. The molecule has 0 aliphatic carbocycles. The lowest BCUT2D eigenvalue weighted by molar-refractivity contribution is -0.197. The molecule has 0 fully saturated rings. The summed E-state index contributed by atoms with van der Waals surface area (Å²) in [4.78, 5) is 23.3. The minimum absolute atomic E-state index is 0.0873. The normalized spacial score (nSPS) is 20.2. The van der Waals surface area contributed by atoms with Gasteiger partial charge in [-0.1, -0.05) is 12.1 Å². The maximum atomic E-state index is 15.4. The number of nitrogens with zero attached hydrogens (tertiary/aromatic N) is 3. The summed E-state index contributed by atoms with van der Waals surface area (Å²) < 4.78 is 50.7. The van der Waals surface area contributed by atoms with E-state index < -0.39 is 41.2 Å². The van der Waals surface area contributed by atoms with E-state index in [9.17, 15) is 23.8 Å². The van der Waals surface area contributed by atoms with Gasteiger partial charge in [0.05, 0.1) is 29.4 Å². The fourth-order valence-corrected chi connectivity index (χ4v) is 4.59. The average molecular weight is 519 g/mol. The molecule has 1 aliphatic heterocycles. The fourth-order valence-electron chi connectivity index (χ4n) is 4.59. The van der Waals surface area contributed by atoms with Crippen molar-refractivity contribution >= 4 is 28.3 Å². The summed E-state index contributed by atoms with van der Waals surface area (Å²) in [5.74, 6) is -4.78. The molecule has 1 aromatic heterocycles. The predicted octanol–water partition coefficient (Wildman–Crippen LogP) is 3.92. The average Bonchev–Trinajstić information content (AvgIpc) is 3.03. The van der Waals surface area contributed by atoms with E-state index >= 15 is 4.39 Å². The van der Waals surface area contributed by atoms with Gasteiger partial charge in [0.25, 0.3) is 5.91 Å². The smallest absolute Gasteiger partial charge is 0.306 e. The number of halogens is 3. The van der Waals surface area contributed by atoms with Gasteiger partial charge in [0.2, 0.25) is 0 Å². The van der Waals surface area contributed by atoms with Gasteiger partial charge in [-0.15, -0.1) is 0 Å². The van der Waals surface area contributed by atoms with Gasteiger partial charge in [-0.25, -0.2) is 14.4 Å². The summed E-state index contributed by atoms with van der Waals surface area (Å²) in [5.41, 5.74) is -3.39. The zero-order valence-corrected chi connectivity index (χ0v) is 21.4. The summed E-state index contributed by atoms with van der Waals surface area (Å²) >= 11 is 0. The second-order valence-electron chi connectivity index (χ2n) is 9.69. The van der Waals surface area contributed by atoms with Gasteiger partial charge in [-0.05, 0) is 45.9 Å². The van der Waals surface area contributed by atoms with Crippen molar-refractivity contribution in [1.82, 2.24) is 9.97 Å². The van der Waals surface area contributed by atoms with Gasteiger partial charge in [-0.2, -0.15) is 8.78 Å². The van der Waals surface area contributed by atoms with Crippen molar-refractivity contribution < 1.29 is 32.9 Å². The number of rotatable bonds is 7. The van der Waals surface area contributed by atoms with Crippen LogP contribution < -0.4 is 10.2 Å². The molecule has 3 N–H and O–H groups in total. The van der Waals surface area contributed by atoms with E-state index in [1.165, 1.54) is 24.1 Å². The molecule has 3 atom stereocenters. The van der Waals surface area contributed by atoms with E-state index in [1.807, 2.05) is 0 Å². The molecular formula is C26H29F3N4O4. The zero-order valence-electron chi connectivity index (χ0n) is 21.4. The minimum Gasteiger partial charge on any atom is -0.393 e. The molecular weight excluding hydrogens is 489 g/mol. The van der Waals surface area contributed by atoms with Crippen LogP contribution in [0.5, 0.6) is 0 Å². The minimum atomic E-state index is -4.05. The molecule has 0 saturated carbocycles. The third-order valence-electron chi connectivity index (χ3n) is 7.09. The van der Waals surface area contributed by atoms with Crippen LogP contribution in [0, 0.1) is 12.7 Å². The number of alkyl halides is 2. The van der Waals surface area contributed by atoms with Crippen LogP contribution in [0.15, 0.2) is 30.3 Å². The highest BCUT2D eigenvalue weighted by Crippen LogP contribution is 2.45. The Labute approximate surface area is 212 Å². The molecule has 3 aromatic rings. The highest BCUT2D eigenvalue weighted by molar-refractivity contribution is 6.09. The zero-order chi connectivity index (χ0) is 27.5. The van der Waals surface area contributed by atoms with Crippen LogP contribution in [0.3, 0.4) is 0 Å². The number of hydrogen-bond acceptors (Lipinski definition) is 7.